The Morgan fingerprint density at radius 2 is 1.67 bits per heavy atom. The first-order valence-electron chi connectivity index (χ1n) is 6.65. The molecule has 1 unspecified atom stereocenters. The van der Waals surface area contributed by atoms with Crippen molar-refractivity contribution in [1.82, 2.24) is 0 Å². The first-order valence-corrected chi connectivity index (χ1v) is 6.65. The number of hydrogen-bond acceptors (Lipinski definition) is 1. The molecule has 0 aromatic heterocycles. The lowest BCUT2D eigenvalue weighted by Gasteiger charge is -2.49. The Bertz CT molecular complexity index is 590. The fourth-order valence-electron chi connectivity index (χ4n) is 3.91. The Labute approximate surface area is 107 Å². The molecule has 1 nitrogen and oxygen atoms in total. The van der Waals surface area contributed by atoms with Gasteiger partial charge in [0.1, 0.15) is 0 Å². The zero-order valence-corrected chi connectivity index (χ0v) is 10.2. The monoisotopic (exact) mass is 236 g/mol. The Kier molecular flexibility index (Phi) is 1.98. The van der Waals surface area contributed by atoms with Crippen LogP contribution in [0.5, 0.6) is 0 Å². The van der Waals surface area contributed by atoms with E-state index in [1.165, 1.54) is 11.1 Å². The summed E-state index contributed by atoms with van der Waals surface area (Å²) < 4.78 is 0. The van der Waals surface area contributed by atoms with Gasteiger partial charge < -0.3 is 5.11 Å². The molecule has 18 heavy (non-hydrogen) atoms. The molecule has 0 spiro atoms. The Morgan fingerprint density at radius 1 is 0.944 bits per heavy atom. The summed E-state index contributed by atoms with van der Waals surface area (Å²) in [5, 5.41) is 11.0. The van der Waals surface area contributed by atoms with Gasteiger partial charge in [-0.3, -0.25) is 0 Å². The first kappa shape index (κ1) is 10.3. The highest BCUT2D eigenvalue weighted by Crippen LogP contribution is 2.61. The van der Waals surface area contributed by atoms with Crippen molar-refractivity contribution < 1.29 is 5.11 Å². The maximum absolute atomic E-state index is 11.0. The third-order valence-electron chi connectivity index (χ3n) is 4.71. The van der Waals surface area contributed by atoms with Crippen molar-refractivity contribution in [3.05, 3.63) is 71.3 Å². The minimum Gasteiger partial charge on any atom is -0.385 e. The lowest BCUT2D eigenvalue weighted by molar-refractivity contribution is -0.0996. The van der Waals surface area contributed by atoms with Gasteiger partial charge in [0, 0.05) is 5.92 Å². The van der Waals surface area contributed by atoms with Crippen molar-refractivity contribution >= 4 is 0 Å². The van der Waals surface area contributed by atoms with Gasteiger partial charge in [-0.2, -0.15) is 0 Å². The molecule has 2 aliphatic rings. The summed E-state index contributed by atoms with van der Waals surface area (Å²) in [5.74, 6) is 0.934. The van der Waals surface area contributed by atoms with E-state index in [1.807, 2.05) is 18.2 Å². The largest absolute Gasteiger partial charge is 0.385 e. The molecule has 0 saturated heterocycles. The summed E-state index contributed by atoms with van der Waals surface area (Å²) in [6.07, 6.45) is 2.03. The topological polar surface area (TPSA) is 20.2 Å². The predicted molar refractivity (Wildman–Crippen MR) is 71.3 cm³/mol. The summed E-state index contributed by atoms with van der Waals surface area (Å²) >= 11 is 0. The van der Waals surface area contributed by atoms with Gasteiger partial charge in [0.25, 0.3) is 0 Å². The summed E-state index contributed by atoms with van der Waals surface area (Å²) in [5.41, 5.74) is 3.22. The van der Waals surface area contributed by atoms with Crippen LogP contribution in [-0.2, 0) is 12.0 Å². The molecule has 0 bridgehead atoms. The van der Waals surface area contributed by atoms with E-state index in [9.17, 15) is 5.11 Å². The zero-order chi connectivity index (χ0) is 12.2. The van der Waals surface area contributed by atoms with Gasteiger partial charge in [-0.05, 0) is 35.4 Å². The Balaban J connectivity index is 1.80. The van der Waals surface area contributed by atoms with E-state index in [1.54, 1.807) is 0 Å². The number of aliphatic hydroxyl groups is 1. The van der Waals surface area contributed by atoms with Crippen molar-refractivity contribution in [3.8, 4) is 0 Å². The summed E-state index contributed by atoms with van der Waals surface area (Å²) in [7, 11) is 0. The third kappa shape index (κ3) is 1.20. The molecule has 1 N–H and O–H groups in total. The van der Waals surface area contributed by atoms with Crippen LogP contribution in [0.3, 0.4) is 0 Å². The molecule has 4 rings (SSSR count). The molecule has 1 saturated carbocycles. The summed E-state index contributed by atoms with van der Waals surface area (Å²) in [4.78, 5) is 0. The van der Waals surface area contributed by atoms with Gasteiger partial charge in [-0.15, -0.1) is 0 Å². The van der Waals surface area contributed by atoms with E-state index in [4.69, 9.17) is 0 Å². The maximum Gasteiger partial charge on any atom is 0.0970 e. The third-order valence-corrected chi connectivity index (χ3v) is 4.71. The number of benzene rings is 2. The van der Waals surface area contributed by atoms with Gasteiger partial charge in [0.15, 0.2) is 0 Å². The number of rotatable bonds is 1. The van der Waals surface area contributed by atoms with E-state index in [0.717, 1.165) is 18.4 Å². The molecule has 0 aliphatic heterocycles. The lowest BCUT2D eigenvalue weighted by Crippen LogP contribution is -2.47. The summed E-state index contributed by atoms with van der Waals surface area (Å²) in [6, 6.07) is 18.7. The minimum atomic E-state index is -0.640. The van der Waals surface area contributed by atoms with E-state index >= 15 is 0 Å². The Morgan fingerprint density at radius 3 is 2.50 bits per heavy atom. The second-order valence-electron chi connectivity index (χ2n) is 5.64. The Hall–Kier alpha value is -1.60. The van der Waals surface area contributed by atoms with Gasteiger partial charge in [0.05, 0.1) is 5.60 Å². The standard InChI is InChI=1S/C17H16O/c18-17(14-7-2-1-3-8-14)11-13-10-12-6-4-5-9-15(12)16(13)17/h1-9,13,16,18H,10-11H2/t13-,16+,17?/m0/s1. The molecule has 1 heteroatoms. The molecule has 1 fully saturated rings. The fraction of sp³-hybridized carbons (Fsp3) is 0.294. The van der Waals surface area contributed by atoms with Crippen molar-refractivity contribution in [2.24, 2.45) is 5.92 Å². The number of fused-ring (bicyclic) bond motifs is 3. The highest BCUT2D eigenvalue weighted by Gasteiger charge is 2.57. The molecule has 3 atom stereocenters. The highest BCUT2D eigenvalue weighted by atomic mass is 16.3. The van der Waals surface area contributed by atoms with Crippen LogP contribution in [0.25, 0.3) is 0 Å². The molecule has 0 heterocycles. The van der Waals surface area contributed by atoms with E-state index in [-0.39, 0.29) is 0 Å². The molecule has 2 aromatic carbocycles. The normalized spacial score (nSPS) is 32.5. The van der Waals surface area contributed by atoms with E-state index in [0.29, 0.717) is 11.8 Å². The second-order valence-corrected chi connectivity index (χ2v) is 5.64. The molecular weight excluding hydrogens is 220 g/mol. The van der Waals surface area contributed by atoms with Gasteiger partial charge in [-0.25, -0.2) is 0 Å². The predicted octanol–water partition coefficient (Wildman–Crippen LogP) is 3.23. The van der Waals surface area contributed by atoms with Gasteiger partial charge in [-0.1, -0.05) is 54.6 Å². The van der Waals surface area contributed by atoms with Crippen LogP contribution in [0, 0.1) is 5.92 Å². The maximum atomic E-state index is 11.0. The van der Waals surface area contributed by atoms with Gasteiger partial charge >= 0.3 is 0 Å². The molecule has 2 aliphatic carbocycles. The van der Waals surface area contributed by atoms with Crippen LogP contribution in [0.4, 0.5) is 0 Å². The van der Waals surface area contributed by atoms with Crippen molar-refractivity contribution in [3.63, 3.8) is 0 Å². The smallest absolute Gasteiger partial charge is 0.0970 e. The first-order chi connectivity index (χ1) is 8.79. The van der Waals surface area contributed by atoms with Crippen molar-refractivity contribution in [1.29, 1.82) is 0 Å². The highest BCUT2D eigenvalue weighted by molar-refractivity contribution is 5.45. The average Bonchev–Trinajstić information content (AvgIpc) is 2.71. The van der Waals surface area contributed by atoms with Crippen molar-refractivity contribution in [2.75, 3.05) is 0 Å². The van der Waals surface area contributed by atoms with Crippen LogP contribution in [0.15, 0.2) is 54.6 Å². The van der Waals surface area contributed by atoms with Crippen LogP contribution < -0.4 is 0 Å². The second kappa shape index (κ2) is 3.46. The van der Waals surface area contributed by atoms with Crippen LogP contribution in [0.1, 0.15) is 29.0 Å². The minimum absolute atomic E-state index is 0.302. The van der Waals surface area contributed by atoms with Crippen molar-refractivity contribution in [2.45, 2.75) is 24.4 Å². The van der Waals surface area contributed by atoms with E-state index < -0.39 is 5.60 Å². The molecular formula is C17H16O. The fourth-order valence-corrected chi connectivity index (χ4v) is 3.91. The summed E-state index contributed by atoms with van der Waals surface area (Å²) in [6.45, 7) is 0. The van der Waals surface area contributed by atoms with Gasteiger partial charge in [0.2, 0.25) is 0 Å². The molecule has 0 radical (unpaired) electrons. The number of hydrogen-bond donors (Lipinski definition) is 1. The van der Waals surface area contributed by atoms with Crippen LogP contribution in [0.2, 0.25) is 0 Å². The molecule has 90 valence electrons. The lowest BCUT2D eigenvalue weighted by atomic mass is 9.59. The SMILES string of the molecule is OC1(c2ccccc2)C[C@@H]2Cc3ccccc3[C@@H]21. The average molecular weight is 236 g/mol. The molecule has 2 aromatic rings. The van der Waals surface area contributed by atoms with Crippen LogP contribution in [-0.4, -0.2) is 5.11 Å². The molecule has 0 amide bonds. The quantitative estimate of drug-likeness (QED) is 0.806. The zero-order valence-electron chi connectivity index (χ0n) is 10.2. The van der Waals surface area contributed by atoms with Crippen LogP contribution >= 0.6 is 0 Å². The van der Waals surface area contributed by atoms with E-state index in [2.05, 4.69) is 36.4 Å².